The molecule has 0 saturated heterocycles. The van der Waals surface area contributed by atoms with Crippen LogP contribution in [0.1, 0.15) is 36.1 Å². The predicted octanol–water partition coefficient (Wildman–Crippen LogP) is 2.58. The molecule has 1 rings (SSSR count). The number of nitrogens with zero attached hydrogens (tertiary/aromatic N) is 2. The van der Waals surface area contributed by atoms with Crippen molar-refractivity contribution in [3.8, 4) is 0 Å². The Labute approximate surface area is 124 Å². The summed E-state index contributed by atoms with van der Waals surface area (Å²) in [6, 6.07) is 6.89. The Kier molecular flexibility index (Phi) is 7.20. The summed E-state index contributed by atoms with van der Waals surface area (Å²) >= 11 is 0. The number of hydrogen-bond acceptors (Lipinski definition) is 3. The zero-order chi connectivity index (χ0) is 15.1. The summed E-state index contributed by atoms with van der Waals surface area (Å²) in [5.74, 6) is 0. The maximum absolute atomic E-state index is 6.08. The lowest BCUT2D eigenvalue weighted by Gasteiger charge is -2.32. The highest BCUT2D eigenvalue weighted by Crippen LogP contribution is 2.25. The van der Waals surface area contributed by atoms with Gasteiger partial charge < -0.3 is 10.6 Å². The molecule has 0 aliphatic heterocycles. The second kappa shape index (κ2) is 8.40. The predicted molar refractivity (Wildman–Crippen MR) is 88.1 cm³/mol. The lowest BCUT2D eigenvalue weighted by Crippen LogP contribution is -2.36. The maximum Gasteiger partial charge on any atom is 0.0473 e. The Hall–Kier alpha value is -0.900. The minimum Gasteiger partial charge on any atom is -0.329 e. The zero-order valence-corrected chi connectivity index (χ0v) is 13.8. The number of rotatable bonds is 8. The van der Waals surface area contributed by atoms with E-state index in [2.05, 4.69) is 62.9 Å². The molecule has 0 aliphatic carbocycles. The molecule has 0 fully saturated rings. The minimum absolute atomic E-state index is 0.335. The topological polar surface area (TPSA) is 32.5 Å². The molecular formula is C17H31N3. The molecule has 3 nitrogen and oxygen atoms in total. The van der Waals surface area contributed by atoms with Gasteiger partial charge in [-0.2, -0.15) is 0 Å². The molecule has 20 heavy (non-hydrogen) atoms. The third kappa shape index (κ3) is 4.58. The van der Waals surface area contributed by atoms with Crippen molar-refractivity contribution in [3.05, 3.63) is 34.9 Å². The summed E-state index contributed by atoms with van der Waals surface area (Å²) < 4.78 is 0. The van der Waals surface area contributed by atoms with E-state index in [4.69, 9.17) is 5.73 Å². The van der Waals surface area contributed by atoms with Crippen LogP contribution in [0.4, 0.5) is 0 Å². The van der Waals surface area contributed by atoms with Crippen LogP contribution in [0.3, 0.4) is 0 Å². The third-order valence-electron chi connectivity index (χ3n) is 4.13. The molecule has 0 spiro atoms. The van der Waals surface area contributed by atoms with E-state index in [1.54, 1.807) is 0 Å². The van der Waals surface area contributed by atoms with Crippen molar-refractivity contribution < 1.29 is 0 Å². The van der Waals surface area contributed by atoms with Gasteiger partial charge in [0.1, 0.15) is 0 Å². The van der Waals surface area contributed by atoms with Crippen LogP contribution >= 0.6 is 0 Å². The van der Waals surface area contributed by atoms with Gasteiger partial charge >= 0.3 is 0 Å². The van der Waals surface area contributed by atoms with Crippen molar-refractivity contribution in [1.82, 2.24) is 9.80 Å². The van der Waals surface area contributed by atoms with Crippen molar-refractivity contribution in [2.75, 3.05) is 40.3 Å². The number of aryl methyl sites for hydroxylation is 1. The average Bonchev–Trinajstić information content (AvgIpc) is 2.41. The fraction of sp³-hybridized carbons (Fsp3) is 0.647. The summed E-state index contributed by atoms with van der Waals surface area (Å²) in [6.45, 7) is 10.6. The maximum atomic E-state index is 6.08. The van der Waals surface area contributed by atoms with Gasteiger partial charge in [-0.05, 0) is 64.1 Å². The van der Waals surface area contributed by atoms with Crippen molar-refractivity contribution in [2.24, 2.45) is 5.73 Å². The first-order valence-corrected chi connectivity index (χ1v) is 7.66. The molecule has 2 N–H and O–H groups in total. The molecule has 0 amide bonds. The summed E-state index contributed by atoms with van der Waals surface area (Å²) in [5.41, 5.74) is 10.2. The van der Waals surface area contributed by atoms with Crippen LogP contribution in [-0.4, -0.2) is 50.1 Å². The highest BCUT2D eigenvalue weighted by atomic mass is 15.2. The molecule has 1 aromatic rings. The second-order valence-corrected chi connectivity index (χ2v) is 5.83. The van der Waals surface area contributed by atoms with Gasteiger partial charge in [-0.25, -0.2) is 0 Å². The number of hydrogen-bond donors (Lipinski definition) is 1. The Bertz CT molecular complexity index is 401. The monoisotopic (exact) mass is 277 g/mol. The van der Waals surface area contributed by atoms with Crippen LogP contribution in [0.15, 0.2) is 18.2 Å². The highest BCUT2D eigenvalue weighted by molar-refractivity contribution is 5.35. The Morgan fingerprint density at radius 1 is 1.15 bits per heavy atom. The van der Waals surface area contributed by atoms with E-state index >= 15 is 0 Å². The molecule has 0 radical (unpaired) electrons. The van der Waals surface area contributed by atoms with Gasteiger partial charge in [0.15, 0.2) is 0 Å². The van der Waals surface area contributed by atoms with E-state index in [9.17, 15) is 0 Å². The molecule has 3 heteroatoms. The minimum atomic E-state index is 0.335. The van der Waals surface area contributed by atoms with E-state index in [0.29, 0.717) is 12.6 Å². The smallest absolute Gasteiger partial charge is 0.0473 e. The van der Waals surface area contributed by atoms with E-state index in [1.165, 1.54) is 23.1 Å². The SMILES string of the molecule is CCN(CCCN(C)C)C(CN)c1cccc(C)c1C. The number of nitrogens with two attached hydrogens (primary N) is 1. The summed E-state index contributed by atoms with van der Waals surface area (Å²) in [6.07, 6.45) is 1.18. The van der Waals surface area contributed by atoms with Gasteiger partial charge in [0.05, 0.1) is 0 Å². The Morgan fingerprint density at radius 3 is 2.40 bits per heavy atom. The Morgan fingerprint density at radius 2 is 1.85 bits per heavy atom. The summed E-state index contributed by atoms with van der Waals surface area (Å²) in [7, 11) is 4.25. The normalized spacial score (nSPS) is 13.2. The second-order valence-electron chi connectivity index (χ2n) is 5.83. The Balaban J connectivity index is 2.83. The molecule has 0 saturated carbocycles. The van der Waals surface area contributed by atoms with Gasteiger partial charge in [0.2, 0.25) is 0 Å². The van der Waals surface area contributed by atoms with Crippen LogP contribution in [0, 0.1) is 13.8 Å². The van der Waals surface area contributed by atoms with E-state index < -0.39 is 0 Å². The molecule has 1 aromatic carbocycles. The van der Waals surface area contributed by atoms with Gasteiger partial charge in [-0.3, -0.25) is 4.90 Å². The van der Waals surface area contributed by atoms with E-state index in [-0.39, 0.29) is 0 Å². The van der Waals surface area contributed by atoms with Crippen molar-refractivity contribution in [2.45, 2.75) is 33.2 Å². The summed E-state index contributed by atoms with van der Waals surface area (Å²) in [5, 5.41) is 0. The van der Waals surface area contributed by atoms with E-state index in [0.717, 1.165) is 19.6 Å². The van der Waals surface area contributed by atoms with Crippen molar-refractivity contribution in [1.29, 1.82) is 0 Å². The first-order chi connectivity index (χ1) is 9.51. The van der Waals surface area contributed by atoms with Crippen LogP contribution in [0.2, 0.25) is 0 Å². The fourth-order valence-corrected chi connectivity index (χ4v) is 2.73. The molecule has 1 unspecified atom stereocenters. The van der Waals surface area contributed by atoms with Crippen LogP contribution in [0.25, 0.3) is 0 Å². The van der Waals surface area contributed by atoms with Crippen molar-refractivity contribution >= 4 is 0 Å². The number of likely N-dealkylation sites (N-methyl/N-ethyl adjacent to an activating group) is 1. The van der Waals surface area contributed by atoms with Crippen LogP contribution in [-0.2, 0) is 0 Å². The quantitative estimate of drug-likeness (QED) is 0.793. The largest absolute Gasteiger partial charge is 0.329 e. The van der Waals surface area contributed by atoms with Gasteiger partial charge in [-0.15, -0.1) is 0 Å². The van der Waals surface area contributed by atoms with Gasteiger partial charge in [0.25, 0.3) is 0 Å². The van der Waals surface area contributed by atoms with Crippen molar-refractivity contribution in [3.63, 3.8) is 0 Å². The lowest BCUT2D eigenvalue weighted by atomic mass is 9.96. The first kappa shape index (κ1) is 17.2. The summed E-state index contributed by atoms with van der Waals surface area (Å²) in [4.78, 5) is 4.74. The highest BCUT2D eigenvalue weighted by Gasteiger charge is 2.19. The van der Waals surface area contributed by atoms with Gasteiger partial charge in [0, 0.05) is 19.1 Å². The van der Waals surface area contributed by atoms with E-state index in [1.807, 2.05) is 0 Å². The average molecular weight is 277 g/mol. The zero-order valence-electron chi connectivity index (χ0n) is 13.8. The number of benzene rings is 1. The fourth-order valence-electron chi connectivity index (χ4n) is 2.73. The third-order valence-corrected chi connectivity index (χ3v) is 4.13. The standard InChI is InChI=1S/C17H31N3/c1-6-20(12-8-11-19(4)5)17(13-18)16-10-7-9-14(2)15(16)3/h7,9-10,17H,6,8,11-13,18H2,1-5H3. The molecule has 114 valence electrons. The lowest BCUT2D eigenvalue weighted by molar-refractivity contribution is 0.201. The molecule has 0 heterocycles. The molecule has 0 aromatic heterocycles. The van der Waals surface area contributed by atoms with Gasteiger partial charge in [-0.1, -0.05) is 25.1 Å². The molecule has 1 atom stereocenters. The van der Waals surface area contributed by atoms with Crippen LogP contribution in [0.5, 0.6) is 0 Å². The molecular weight excluding hydrogens is 246 g/mol. The molecule has 0 bridgehead atoms. The van der Waals surface area contributed by atoms with Crippen LogP contribution < -0.4 is 5.73 Å². The first-order valence-electron chi connectivity index (χ1n) is 7.66. The molecule has 0 aliphatic rings.